The van der Waals surface area contributed by atoms with Crippen molar-refractivity contribution in [1.82, 2.24) is 9.80 Å². The van der Waals surface area contributed by atoms with Gasteiger partial charge in [0.1, 0.15) is 18.5 Å². The average Bonchev–Trinajstić information content (AvgIpc) is 2.68. The molecule has 2 aromatic carbocycles. The summed E-state index contributed by atoms with van der Waals surface area (Å²) in [5.41, 5.74) is 3.96. The van der Waals surface area contributed by atoms with Crippen LogP contribution in [0.1, 0.15) is 36.5 Å². The van der Waals surface area contributed by atoms with Crippen molar-refractivity contribution >= 4 is 24.8 Å². The van der Waals surface area contributed by atoms with Crippen LogP contribution < -0.4 is 4.74 Å². The summed E-state index contributed by atoms with van der Waals surface area (Å²) in [5, 5.41) is 10.4. The first kappa shape index (κ1) is 26.7. The highest BCUT2D eigenvalue weighted by molar-refractivity contribution is 5.85. The Labute approximate surface area is 194 Å². The van der Waals surface area contributed by atoms with Crippen molar-refractivity contribution in [3.05, 3.63) is 65.2 Å². The number of rotatable bonds is 8. The Morgan fingerprint density at radius 3 is 2.17 bits per heavy atom. The molecule has 0 radical (unpaired) electrons. The fourth-order valence-corrected chi connectivity index (χ4v) is 3.90. The third kappa shape index (κ3) is 8.09. The van der Waals surface area contributed by atoms with Gasteiger partial charge >= 0.3 is 0 Å². The topological polar surface area (TPSA) is 35.9 Å². The molecule has 1 fully saturated rings. The maximum atomic E-state index is 10.4. The highest BCUT2D eigenvalue weighted by Crippen LogP contribution is 2.23. The van der Waals surface area contributed by atoms with Gasteiger partial charge in [0.25, 0.3) is 0 Å². The van der Waals surface area contributed by atoms with Gasteiger partial charge in [-0.3, -0.25) is 9.80 Å². The number of β-amino-alcohol motifs (C(OH)–C–C–N with tert-alkyl or cyclic N) is 1. The van der Waals surface area contributed by atoms with Gasteiger partial charge in [0.05, 0.1) is 0 Å². The number of piperazine rings is 1. The monoisotopic (exact) mass is 454 g/mol. The van der Waals surface area contributed by atoms with Crippen molar-refractivity contribution in [3.8, 4) is 5.75 Å². The Morgan fingerprint density at radius 2 is 1.57 bits per heavy atom. The van der Waals surface area contributed by atoms with Gasteiger partial charge in [-0.1, -0.05) is 50.2 Å². The van der Waals surface area contributed by atoms with Crippen molar-refractivity contribution in [2.45, 2.75) is 39.3 Å². The number of benzene rings is 2. The molecular weight excluding hydrogens is 419 g/mol. The molecule has 1 heterocycles. The van der Waals surface area contributed by atoms with Crippen LogP contribution in [0.5, 0.6) is 5.75 Å². The van der Waals surface area contributed by atoms with Crippen molar-refractivity contribution in [1.29, 1.82) is 0 Å². The highest BCUT2D eigenvalue weighted by Gasteiger charge is 2.19. The third-order valence-electron chi connectivity index (χ3n) is 5.49. The summed E-state index contributed by atoms with van der Waals surface area (Å²) < 4.78 is 5.84. The summed E-state index contributed by atoms with van der Waals surface area (Å²) in [6, 6.07) is 16.8. The molecule has 168 valence electrons. The zero-order valence-electron chi connectivity index (χ0n) is 18.3. The summed E-state index contributed by atoms with van der Waals surface area (Å²) >= 11 is 0. The van der Waals surface area contributed by atoms with Crippen LogP contribution in [0.4, 0.5) is 0 Å². The van der Waals surface area contributed by atoms with Gasteiger partial charge in [-0.25, -0.2) is 0 Å². The van der Waals surface area contributed by atoms with Crippen LogP contribution in [0.25, 0.3) is 0 Å². The van der Waals surface area contributed by atoms with Crippen LogP contribution in [-0.2, 0) is 6.54 Å². The van der Waals surface area contributed by atoms with E-state index >= 15 is 0 Å². The smallest absolute Gasteiger partial charge is 0.119 e. The predicted octanol–water partition coefficient (Wildman–Crippen LogP) is 4.52. The van der Waals surface area contributed by atoms with E-state index in [9.17, 15) is 5.11 Å². The third-order valence-corrected chi connectivity index (χ3v) is 5.49. The lowest BCUT2D eigenvalue weighted by molar-refractivity contribution is 0.0446. The molecular formula is C24H36Cl2N2O2. The van der Waals surface area contributed by atoms with Crippen LogP contribution in [0, 0.1) is 6.92 Å². The van der Waals surface area contributed by atoms with E-state index in [1.165, 1.54) is 16.7 Å². The Kier molecular flexibility index (Phi) is 11.7. The molecule has 1 unspecified atom stereocenters. The fraction of sp³-hybridized carbons (Fsp3) is 0.500. The van der Waals surface area contributed by atoms with E-state index in [1.807, 2.05) is 6.07 Å². The van der Waals surface area contributed by atoms with E-state index in [1.54, 1.807) is 0 Å². The summed E-state index contributed by atoms with van der Waals surface area (Å²) in [6.07, 6.45) is -0.467. The summed E-state index contributed by atoms with van der Waals surface area (Å²) in [7, 11) is 0. The molecule has 1 aliphatic heterocycles. The number of hydrogen-bond donors (Lipinski definition) is 1. The number of halogens is 2. The number of nitrogens with zero attached hydrogens (tertiary/aromatic N) is 2. The summed E-state index contributed by atoms with van der Waals surface area (Å²) in [5.74, 6) is 1.36. The number of aliphatic hydroxyl groups is 1. The van der Waals surface area contributed by atoms with Gasteiger partial charge in [0, 0.05) is 39.3 Å². The molecule has 1 saturated heterocycles. The molecule has 0 saturated carbocycles. The van der Waals surface area contributed by atoms with Crippen molar-refractivity contribution in [2.24, 2.45) is 0 Å². The van der Waals surface area contributed by atoms with Gasteiger partial charge in [-0.05, 0) is 41.7 Å². The van der Waals surface area contributed by atoms with E-state index in [4.69, 9.17) is 4.74 Å². The summed E-state index contributed by atoms with van der Waals surface area (Å²) in [4.78, 5) is 4.82. The molecule has 0 spiro atoms. The van der Waals surface area contributed by atoms with Crippen LogP contribution in [0.3, 0.4) is 0 Å². The van der Waals surface area contributed by atoms with E-state index in [-0.39, 0.29) is 24.8 Å². The quantitative estimate of drug-likeness (QED) is 0.635. The van der Waals surface area contributed by atoms with Gasteiger partial charge < -0.3 is 9.84 Å². The molecule has 0 aliphatic carbocycles. The maximum absolute atomic E-state index is 10.4. The normalized spacial score (nSPS) is 15.9. The van der Waals surface area contributed by atoms with E-state index in [2.05, 4.69) is 73.0 Å². The first-order valence-corrected chi connectivity index (χ1v) is 10.4. The van der Waals surface area contributed by atoms with E-state index < -0.39 is 6.10 Å². The van der Waals surface area contributed by atoms with Crippen LogP contribution in [-0.4, -0.2) is 60.3 Å². The van der Waals surface area contributed by atoms with Crippen molar-refractivity contribution < 1.29 is 9.84 Å². The Balaban J connectivity index is 0.00000225. The SMILES string of the molecule is Cc1cc(OCC(O)CN2CCN(Cc3ccccc3)CC2)ccc1C(C)C.Cl.Cl. The lowest BCUT2D eigenvalue weighted by atomic mass is 9.98. The van der Waals surface area contributed by atoms with Crippen molar-refractivity contribution in [3.63, 3.8) is 0 Å². The Hall–Kier alpha value is -1.30. The lowest BCUT2D eigenvalue weighted by Gasteiger charge is -2.35. The molecule has 1 aliphatic rings. The van der Waals surface area contributed by atoms with Crippen LogP contribution >= 0.6 is 24.8 Å². The molecule has 1 N–H and O–H groups in total. The number of ether oxygens (including phenoxy) is 1. The minimum Gasteiger partial charge on any atom is -0.491 e. The second kappa shape index (κ2) is 13.2. The molecule has 2 aromatic rings. The van der Waals surface area contributed by atoms with Crippen LogP contribution in [0.2, 0.25) is 0 Å². The number of aliphatic hydroxyl groups excluding tert-OH is 1. The zero-order chi connectivity index (χ0) is 19.9. The molecule has 6 heteroatoms. The summed E-state index contributed by atoms with van der Waals surface area (Å²) in [6.45, 7) is 12.6. The largest absolute Gasteiger partial charge is 0.491 e. The molecule has 3 rings (SSSR count). The minimum atomic E-state index is -0.467. The lowest BCUT2D eigenvalue weighted by Crippen LogP contribution is -2.48. The van der Waals surface area contributed by atoms with Gasteiger partial charge in [-0.2, -0.15) is 0 Å². The first-order valence-electron chi connectivity index (χ1n) is 10.4. The molecule has 1 atom stereocenters. The molecule has 30 heavy (non-hydrogen) atoms. The first-order chi connectivity index (χ1) is 13.5. The Bertz CT molecular complexity index is 735. The highest BCUT2D eigenvalue weighted by atomic mass is 35.5. The molecule has 0 bridgehead atoms. The molecule has 0 aromatic heterocycles. The number of hydrogen-bond acceptors (Lipinski definition) is 4. The predicted molar refractivity (Wildman–Crippen MR) is 129 cm³/mol. The van der Waals surface area contributed by atoms with E-state index in [0.717, 1.165) is 38.5 Å². The maximum Gasteiger partial charge on any atom is 0.119 e. The second-order valence-electron chi connectivity index (χ2n) is 8.20. The van der Waals surface area contributed by atoms with Gasteiger partial charge in [0.15, 0.2) is 0 Å². The Morgan fingerprint density at radius 1 is 0.933 bits per heavy atom. The second-order valence-corrected chi connectivity index (χ2v) is 8.20. The molecule has 4 nitrogen and oxygen atoms in total. The van der Waals surface area contributed by atoms with Crippen LogP contribution in [0.15, 0.2) is 48.5 Å². The number of aryl methyl sites for hydroxylation is 1. The van der Waals surface area contributed by atoms with Gasteiger partial charge in [-0.15, -0.1) is 24.8 Å². The zero-order valence-corrected chi connectivity index (χ0v) is 19.9. The minimum absolute atomic E-state index is 0. The molecule has 0 amide bonds. The van der Waals surface area contributed by atoms with E-state index in [0.29, 0.717) is 19.1 Å². The van der Waals surface area contributed by atoms with Gasteiger partial charge in [0.2, 0.25) is 0 Å². The average molecular weight is 455 g/mol. The standard InChI is InChI=1S/C24H34N2O2.2ClH/c1-19(2)24-10-9-23(15-20(24)3)28-18-22(27)17-26-13-11-25(12-14-26)16-21-7-5-4-6-8-21;;/h4-10,15,19,22,27H,11-14,16-18H2,1-3H3;2*1H. The van der Waals surface area contributed by atoms with Crippen molar-refractivity contribution in [2.75, 3.05) is 39.3 Å². The fourth-order valence-electron chi connectivity index (χ4n) is 3.90.